The molecule has 27 heavy (non-hydrogen) atoms. The van der Waals surface area contributed by atoms with Gasteiger partial charge in [-0.15, -0.1) is 22.7 Å². The van der Waals surface area contributed by atoms with Crippen LogP contribution >= 0.6 is 22.7 Å². The molecular weight excluding hydrogens is 465 g/mol. The fourth-order valence-corrected chi connectivity index (χ4v) is 4.98. The molecule has 1 atom stereocenters. The molecule has 2 aromatic heterocycles. The summed E-state index contributed by atoms with van der Waals surface area (Å²) in [6, 6.07) is 5.84. The van der Waals surface area contributed by atoms with Gasteiger partial charge < -0.3 is 0 Å². The van der Waals surface area contributed by atoms with E-state index in [1.54, 1.807) is 11.6 Å². The average Bonchev–Trinajstić information content (AvgIpc) is 3.25. The van der Waals surface area contributed by atoms with Crippen LogP contribution in [0.5, 0.6) is 0 Å². The third-order valence-electron chi connectivity index (χ3n) is 3.01. The van der Waals surface area contributed by atoms with Crippen LogP contribution in [0.25, 0.3) is 10.4 Å². The van der Waals surface area contributed by atoms with Crippen LogP contribution in [0.15, 0.2) is 41.4 Å². The molecule has 3 N–H and O–H groups in total. The molecule has 0 bridgehead atoms. The summed E-state index contributed by atoms with van der Waals surface area (Å²) in [5.74, 6) is -0.891. The molecule has 1 unspecified atom stereocenters. The summed E-state index contributed by atoms with van der Waals surface area (Å²) in [6.45, 7) is 1.27. The number of para-hydroxylation sites is 1. The SMILES string of the molecule is CC(=O)Nc1ccccc1[As](=O)(O)OO.Fc1csc(F)c1-c1cncs1. The maximum absolute atomic E-state index is 12.9. The number of aromatic nitrogens is 1. The van der Waals surface area contributed by atoms with Crippen LogP contribution in [0.4, 0.5) is 14.5 Å². The number of carbonyl (C=O) groups is 1. The van der Waals surface area contributed by atoms with Gasteiger partial charge in [0, 0.05) is 11.6 Å². The Morgan fingerprint density at radius 1 is 1.30 bits per heavy atom. The molecule has 0 saturated heterocycles. The van der Waals surface area contributed by atoms with Gasteiger partial charge in [-0.3, -0.25) is 4.98 Å². The molecule has 0 fully saturated rings. The minimum absolute atomic E-state index is 0.0440. The molecule has 0 aliphatic heterocycles. The first kappa shape index (κ1) is 21.4. The number of halogens is 2. The summed E-state index contributed by atoms with van der Waals surface area (Å²) in [4.78, 5) is 15.1. The summed E-state index contributed by atoms with van der Waals surface area (Å²) in [5, 5.41) is 11.3. The standard InChI is InChI=1S/C8H10AsNO5.C7H3F2NS2/c1-6(11)10-8-5-3-2-4-7(8)9(12,13)15-14;8-4-2-11-7(9)6(4)5-1-10-3-12-5/h2-5,14H,1H3,(H,10,11)(H,12,13);1-3H. The van der Waals surface area contributed by atoms with Gasteiger partial charge in [0.1, 0.15) is 5.82 Å². The van der Waals surface area contributed by atoms with E-state index in [0.29, 0.717) is 4.88 Å². The molecule has 7 nitrogen and oxygen atoms in total. The molecule has 3 rings (SSSR count). The summed E-state index contributed by atoms with van der Waals surface area (Å²) in [7, 11) is 0. The van der Waals surface area contributed by atoms with Gasteiger partial charge in [-0.25, -0.2) is 4.39 Å². The Balaban J connectivity index is 0.000000198. The van der Waals surface area contributed by atoms with E-state index in [4.69, 9.17) is 5.26 Å². The predicted octanol–water partition coefficient (Wildman–Crippen LogP) is 2.85. The molecule has 12 heteroatoms. The van der Waals surface area contributed by atoms with Crippen molar-refractivity contribution < 1.29 is 30.5 Å². The van der Waals surface area contributed by atoms with Crippen molar-refractivity contribution in [2.24, 2.45) is 0 Å². The molecule has 0 saturated carbocycles. The Bertz CT molecular complexity index is 946. The fraction of sp³-hybridized carbons (Fsp3) is 0.0667. The van der Waals surface area contributed by atoms with Gasteiger partial charge >= 0.3 is 88.4 Å². The third kappa shape index (κ3) is 5.55. The number of rotatable bonds is 4. The topological polar surface area (TPSA) is 109 Å². The van der Waals surface area contributed by atoms with Crippen LogP contribution in [0.2, 0.25) is 0 Å². The minimum atomic E-state index is -4.92. The molecule has 0 aliphatic carbocycles. The molecule has 0 radical (unpaired) electrons. The number of nitrogens with one attached hydrogen (secondary N) is 1. The molecule has 2 heterocycles. The molecular formula is C15H13AsF2N2O5S2. The van der Waals surface area contributed by atoms with E-state index in [1.807, 2.05) is 0 Å². The number of nitrogens with zero attached hydrogens (tertiary/aromatic N) is 1. The second-order valence-electron chi connectivity index (χ2n) is 4.90. The molecule has 144 valence electrons. The van der Waals surface area contributed by atoms with Gasteiger partial charge in [0.2, 0.25) is 0 Å². The molecule has 0 spiro atoms. The van der Waals surface area contributed by atoms with E-state index in [-0.39, 0.29) is 21.5 Å². The van der Waals surface area contributed by atoms with Crippen LogP contribution in [0.1, 0.15) is 6.92 Å². The van der Waals surface area contributed by atoms with Crippen molar-refractivity contribution in [2.75, 3.05) is 5.32 Å². The largest absolute Gasteiger partial charge is 0.252 e. The van der Waals surface area contributed by atoms with Crippen LogP contribution in [-0.2, 0) is 12.4 Å². The quantitative estimate of drug-likeness (QED) is 0.302. The zero-order valence-corrected chi connectivity index (χ0v) is 17.1. The Morgan fingerprint density at radius 3 is 2.52 bits per heavy atom. The number of carbonyl (C=O) groups excluding carboxylic acids is 1. The fourth-order valence-electron chi connectivity index (χ4n) is 1.93. The number of anilines is 1. The van der Waals surface area contributed by atoms with E-state index in [9.17, 15) is 21.4 Å². The second-order valence-corrected chi connectivity index (χ2v) is 10.2. The van der Waals surface area contributed by atoms with Crippen LogP contribution < -0.4 is 9.67 Å². The molecule has 0 aliphatic rings. The van der Waals surface area contributed by atoms with Gasteiger partial charge in [-0.2, -0.15) is 4.39 Å². The predicted molar refractivity (Wildman–Crippen MR) is 98.1 cm³/mol. The van der Waals surface area contributed by atoms with Gasteiger partial charge in [0.25, 0.3) is 0 Å². The van der Waals surface area contributed by atoms with Crippen molar-refractivity contribution in [3.63, 3.8) is 0 Å². The second kappa shape index (κ2) is 9.36. The van der Waals surface area contributed by atoms with Crippen molar-refractivity contribution in [1.82, 2.24) is 4.98 Å². The first-order valence-electron chi connectivity index (χ1n) is 7.10. The first-order chi connectivity index (χ1) is 12.8. The van der Waals surface area contributed by atoms with Gasteiger partial charge in [0.05, 0.1) is 16.0 Å². The maximum Gasteiger partial charge on any atom is 0.188 e. The number of benzene rings is 1. The molecule has 1 amide bonds. The maximum atomic E-state index is 12.9. The average molecular weight is 478 g/mol. The first-order valence-corrected chi connectivity index (χ1v) is 12.2. The van der Waals surface area contributed by atoms with E-state index in [0.717, 1.165) is 16.7 Å². The summed E-state index contributed by atoms with van der Waals surface area (Å²) >= 11 is -2.93. The Morgan fingerprint density at radius 2 is 2.00 bits per heavy atom. The summed E-state index contributed by atoms with van der Waals surface area (Å²) < 4.78 is 50.0. The third-order valence-corrected chi connectivity index (χ3v) is 7.10. The molecule has 1 aromatic carbocycles. The van der Waals surface area contributed by atoms with Crippen molar-refractivity contribution >= 4 is 52.8 Å². The van der Waals surface area contributed by atoms with E-state index in [2.05, 4.69) is 14.2 Å². The van der Waals surface area contributed by atoms with Crippen LogP contribution in [-0.4, -0.2) is 34.4 Å². The number of thiazole rings is 1. The van der Waals surface area contributed by atoms with Crippen LogP contribution in [0, 0.1) is 10.9 Å². The smallest absolute Gasteiger partial charge is 0.188 e. The van der Waals surface area contributed by atoms with Crippen molar-refractivity contribution in [2.45, 2.75) is 6.92 Å². The zero-order valence-electron chi connectivity index (χ0n) is 13.6. The van der Waals surface area contributed by atoms with Crippen molar-refractivity contribution in [1.29, 1.82) is 0 Å². The van der Waals surface area contributed by atoms with E-state index < -0.39 is 25.1 Å². The van der Waals surface area contributed by atoms with Crippen molar-refractivity contribution in [3.8, 4) is 10.4 Å². The Kier molecular flexibility index (Phi) is 7.42. The normalized spacial score (nSPS) is 12.6. The monoisotopic (exact) mass is 478 g/mol. The van der Waals surface area contributed by atoms with Gasteiger partial charge in [0.15, 0.2) is 5.13 Å². The van der Waals surface area contributed by atoms with E-state index >= 15 is 0 Å². The number of hydrogen-bond acceptors (Lipinski definition) is 7. The number of hydrogen-bond donors (Lipinski definition) is 3. The molecule has 3 aromatic rings. The summed E-state index contributed by atoms with van der Waals surface area (Å²) in [5.41, 5.74) is 1.75. The summed E-state index contributed by atoms with van der Waals surface area (Å²) in [6.07, 6.45) is 1.46. The number of thiophene rings is 1. The van der Waals surface area contributed by atoms with Gasteiger partial charge in [-0.05, 0) is 0 Å². The number of amides is 1. The zero-order chi connectivity index (χ0) is 20.0. The van der Waals surface area contributed by atoms with Crippen molar-refractivity contribution in [3.05, 3.63) is 52.3 Å². The van der Waals surface area contributed by atoms with E-state index in [1.165, 1.54) is 42.7 Å². The van der Waals surface area contributed by atoms with Crippen LogP contribution in [0.3, 0.4) is 0 Å². The Labute approximate surface area is 163 Å². The minimum Gasteiger partial charge on any atom is -0.252 e. The van der Waals surface area contributed by atoms with Gasteiger partial charge in [-0.1, -0.05) is 0 Å². The Hall–Kier alpha value is -1.88.